The molecule has 0 unspecified atom stereocenters. The van der Waals surface area contributed by atoms with E-state index in [2.05, 4.69) is 36.9 Å². The molecule has 2 aromatic rings. The SMILES string of the molecule is CN1CCN(c2ncc(Cl)c(NCCS(=O)(=O)Nc3ccccc3)n2)CC1. The van der Waals surface area contributed by atoms with Gasteiger partial charge in [0.25, 0.3) is 0 Å². The minimum atomic E-state index is -3.47. The molecule has 0 bridgehead atoms. The zero-order valence-electron chi connectivity index (χ0n) is 15.1. The quantitative estimate of drug-likeness (QED) is 0.718. The number of halogens is 1. The van der Waals surface area contributed by atoms with Gasteiger partial charge in [0.1, 0.15) is 5.02 Å². The van der Waals surface area contributed by atoms with Crippen molar-refractivity contribution in [2.45, 2.75) is 0 Å². The molecule has 0 spiro atoms. The van der Waals surface area contributed by atoms with Gasteiger partial charge in [0, 0.05) is 38.4 Å². The highest BCUT2D eigenvalue weighted by Crippen LogP contribution is 2.21. The van der Waals surface area contributed by atoms with Gasteiger partial charge >= 0.3 is 0 Å². The Kier molecular flexibility index (Phi) is 6.35. The summed E-state index contributed by atoms with van der Waals surface area (Å²) in [5.74, 6) is 0.933. The van der Waals surface area contributed by atoms with E-state index in [9.17, 15) is 8.42 Å². The Morgan fingerprint density at radius 2 is 1.85 bits per heavy atom. The van der Waals surface area contributed by atoms with E-state index in [0.717, 1.165) is 26.2 Å². The van der Waals surface area contributed by atoms with Crippen molar-refractivity contribution in [3.63, 3.8) is 0 Å². The maximum absolute atomic E-state index is 12.2. The lowest BCUT2D eigenvalue weighted by Gasteiger charge is -2.32. The van der Waals surface area contributed by atoms with Crippen LogP contribution in [0.15, 0.2) is 36.5 Å². The Balaban J connectivity index is 1.58. The van der Waals surface area contributed by atoms with Crippen molar-refractivity contribution >= 4 is 39.1 Å². The van der Waals surface area contributed by atoms with E-state index in [-0.39, 0.29) is 12.3 Å². The van der Waals surface area contributed by atoms with E-state index >= 15 is 0 Å². The fourth-order valence-corrected chi connectivity index (χ4v) is 3.81. The fourth-order valence-electron chi connectivity index (χ4n) is 2.68. The molecule has 1 saturated heterocycles. The van der Waals surface area contributed by atoms with E-state index in [0.29, 0.717) is 22.5 Å². The average molecular weight is 411 g/mol. The van der Waals surface area contributed by atoms with Crippen LogP contribution in [0.2, 0.25) is 5.02 Å². The van der Waals surface area contributed by atoms with Gasteiger partial charge < -0.3 is 15.1 Å². The third kappa shape index (κ3) is 5.69. The Morgan fingerprint density at radius 1 is 1.15 bits per heavy atom. The predicted octanol–water partition coefficient (Wildman–Crippen LogP) is 1.74. The maximum atomic E-state index is 12.2. The summed E-state index contributed by atoms with van der Waals surface area (Å²) in [7, 11) is -1.39. The first kappa shape index (κ1) is 19.7. The largest absolute Gasteiger partial charge is 0.368 e. The van der Waals surface area contributed by atoms with Crippen LogP contribution in [0, 0.1) is 0 Å². The molecule has 0 amide bonds. The first-order valence-electron chi connectivity index (χ1n) is 8.68. The highest BCUT2D eigenvalue weighted by Gasteiger charge is 2.18. The van der Waals surface area contributed by atoms with Crippen molar-refractivity contribution in [1.29, 1.82) is 0 Å². The number of aromatic nitrogens is 2. The van der Waals surface area contributed by atoms with Gasteiger partial charge in [-0.15, -0.1) is 0 Å². The van der Waals surface area contributed by atoms with Crippen LogP contribution in [0.5, 0.6) is 0 Å². The van der Waals surface area contributed by atoms with Crippen LogP contribution >= 0.6 is 11.6 Å². The molecule has 1 aromatic carbocycles. The first-order valence-corrected chi connectivity index (χ1v) is 10.7. The van der Waals surface area contributed by atoms with Gasteiger partial charge in [-0.05, 0) is 19.2 Å². The number of sulfonamides is 1. The number of nitrogens with one attached hydrogen (secondary N) is 2. The number of benzene rings is 1. The first-order chi connectivity index (χ1) is 12.9. The number of likely N-dealkylation sites (N-methyl/N-ethyl adjacent to an activating group) is 1. The highest BCUT2D eigenvalue weighted by atomic mass is 35.5. The lowest BCUT2D eigenvalue weighted by molar-refractivity contribution is 0.311. The highest BCUT2D eigenvalue weighted by molar-refractivity contribution is 7.92. The van der Waals surface area contributed by atoms with Crippen molar-refractivity contribution in [2.24, 2.45) is 0 Å². The molecule has 1 fully saturated rings. The van der Waals surface area contributed by atoms with Gasteiger partial charge in [-0.2, -0.15) is 4.98 Å². The summed E-state index contributed by atoms with van der Waals surface area (Å²) < 4.78 is 26.9. The topological polar surface area (TPSA) is 90.5 Å². The van der Waals surface area contributed by atoms with Gasteiger partial charge in [-0.25, -0.2) is 13.4 Å². The Morgan fingerprint density at radius 3 is 2.56 bits per heavy atom. The Bertz CT molecular complexity index is 857. The second-order valence-electron chi connectivity index (χ2n) is 6.37. The molecule has 0 aliphatic carbocycles. The molecule has 1 aliphatic rings. The Labute approximate surface area is 164 Å². The van der Waals surface area contributed by atoms with E-state index < -0.39 is 10.0 Å². The molecule has 3 rings (SSSR count). The normalized spacial score (nSPS) is 15.6. The zero-order valence-corrected chi connectivity index (χ0v) is 16.7. The monoisotopic (exact) mass is 410 g/mol. The van der Waals surface area contributed by atoms with Crippen LogP contribution in [0.1, 0.15) is 0 Å². The molecule has 27 heavy (non-hydrogen) atoms. The lowest BCUT2D eigenvalue weighted by atomic mass is 10.3. The minimum absolute atomic E-state index is 0.105. The molecule has 1 aliphatic heterocycles. The molecule has 2 N–H and O–H groups in total. The van der Waals surface area contributed by atoms with Crippen LogP contribution < -0.4 is 14.9 Å². The minimum Gasteiger partial charge on any atom is -0.368 e. The fraction of sp³-hybridized carbons (Fsp3) is 0.412. The van der Waals surface area contributed by atoms with Crippen LogP contribution in [0.4, 0.5) is 17.5 Å². The summed E-state index contributed by atoms with van der Waals surface area (Å²) in [4.78, 5) is 13.1. The van der Waals surface area contributed by atoms with Crippen molar-refractivity contribution < 1.29 is 8.42 Å². The third-order valence-corrected chi connectivity index (χ3v) is 5.79. The summed E-state index contributed by atoms with van der Waals surface area (Å²) in [6.45, 7) is 3.75. The van der Waals surface area contributed by atoms with E-state index in [1.54, 1.807) is 30.5 Å². The maximum Gasteiger partial charge on any atom is 0.234 e. The smallest absolute Gasteiger partial charge is 0.234 e. The van der Waals surface area contributed by atoms with Crippen molar-refractivity contribution in [3.05, 3.63) is 41.6 Å². The molecule has 2 heterocycles. The number of hydrogen-bond donors (Lipinski definition) is 2. The molecular formula is C17H23ClN6O2S. The molecule has 0 saturated carbocycles. The van der Waals surface area contributed by atoms with Gasteiger partial charge in [0.2, 0.25) is 16.0 Å². The van der Waals surface area contributed by atoms with Crippen LogP contribution in [0.3, 0.4) is 0 Å². The number of piperazine rings is 1. The second kappa shape index (κ2) is 8.73. The summed E-state index contributed by atoms with van der Waals surface area (Å²) in [5.41, 5.74) is 0.537. The van der Waals surface area contributed by atoms with Crippen molar-refractivity contribution in [2.75, 3.05) is 60.5 Å². The summed E-state index contributed by atoms with van der Waals surface area (Å²) >= 11 is 6.16. The van der Waals surface area contributed by atoms with Crippen LogP contribution in [-0.4, -0.2) is 68.8 Å². The molecule has 146 valence electrons. The summed E-state index contributed by atoms with van der Waals surface area (Å²) in [6.07, 6.45) is 1.54. The molecule has 8 nitrogen and oxygen atoms in total. The average Bonchev–Trinajstić information content (AvgIpc) is 2.64. The second-order valence-corrected chi connectivity index (χ2v) is 8.62. The van der Waals surface area contributed by atoms with Crippen LogP contribution in [0.25, 0.3) is 0 Å². The van der Waals surface area contributed by atoms with Crippen molar-refractivity contribution in [1.82, 2.24) is 14.9 Å². The summed E-state index contributed by atoms with van der Waals surface area (Å²) in [5, 5.41) is 3.37. The predicted molar refractivity (Wildman–Crippen MR) is 109 cm³/mol. The van der Waals surface area contributed by atoms with E-state index in [1.165, 1.54) is 0 Å². The van der Waals surface area contributed by atoms with E-state index in [4.69, 9.17) is 11.6 Å². The number of anilines is 3. The molecule has 0 atom stereocenters. The molecule has 1 aromatic heterocycles. The zero-order chi connectivity index (χ0) is 19.3. The standard InChI is InChI=1S/C17H23ClN6O2S/c1-23-8-10-24(11-9-23)17-20-13-15(18)16(21-17)19-7-12-27(25,26)22-14-5-3-2-4-6-14/h2-6,13,22H,7-12H2,1H3,(H,19,20,21). The number of rotatable bonds is 7. The number of nitrogens with zero attached hydrogens (tertiary/aromatic N) is 4. The van der Waals surface area contributed by atoms with Crippen LogP contribution in [-0.2, 0) is 10.0 Å². The lowest BCUT2D eigenvalue weighted by Crippen LogP contribution is -2.45. The number of hydrogen-bond acceptors (Lipinski definition) is 7. The van der Waals surface area contributed by atoms with Gasteiger partial charge in [0.15, 0.2) is 5.82 Å². The van der Waals surface area contributed by atoms with Crippen molar-refractivity contribution in [3.8, 4) is 0 Å². The van der Waals surface area contributed by atoms with Gasteiger partial charge in [-0.3, -0.25) is 4.72 Å². The van der Waals surface area contributed by atoms with Gasteiger partial charge in [-0.1, -0.05) is 29.8 Å². The van der Waals surface area contributed by atoms with Gasteiger partial charge in [0.05, 0.1) is 11.9 Å². The molecule has 10 heteroatoms. The van der Waals surface area contributed by atoms with E-state index in [1.807, 2.05) is 6.07 Å². The Hall–Kier alpha value is -2.10. The third-order valence-electron chi connectivity index (χ3n) is 4.23. The number of para-hydroxylation sites is 1. The summed E-state index contributed by atoms with van der Waals surface area (Å²) in [6, 6.07) is 8.78. The molecule has 0 radical (unpaired) electrons. The molecular weight excluding hydrogens is 388 g/mol.